The third-order valence-electron chi connectivity index (χ3n) is 2.60. The molecule has 0 saturated heterocycles. The van der Waals surface area contributed by atoms with Gasteiger partial charge in [0.2, 0.25) is 0 Å². The molecule has 3 nitrogen and oxygen atoms in total. The van der Waals surface area contributed by atoms with Gasteiger partial charge in [0.1, 0.15) is 17.3 Å². The normalized spacial score (nSPS) is 14.1. The van der Waals surface area contributed by atoms with Crippen LogP contribution in [0.3, 0.4) is 0 Å². The molecule has 0 amide bonds. The molecule has 0 aliphatic heterocycles. The molecule has 1 aliphatic rings. The summed E-state index contributed by atoms with van der Waals surface area (Å²) in [6, 6.07) is 4.70. The minimum absolute atomic E-state index is 0.00685. The van der Waals surface area contributed by atoms with E-state index in [2.05, 4.69) is 0 Å². The molecule has 2 N–H and O–H groups in total. The van der Waals surface area contributed by atoms with Crippen molar-refractivity contribution >= 4 is 5.76 Å². The molecule has 0 bridgehead atoms. The summed E-state index contributed by atoms with van der Waals surface area (Å²) in [6.45, 7) is 0. The summed E-state index contributed by atoms with van der Waals surface area (Å²) in [6.07, 6.45) is 11.0. The molecule has 1 aromatic carbocycles. The molecule has 1 aliphatic carbocycles. The number of methoxy groups -OCH3 is 1. The molecule has 0 unspecified atom stereocenters. The van der Waals surface area contributed by atoms with Gasteiger partial charge in [-0.25, -0.2) is 0 Å². The Hall–Kier alpha value is -2.42. The van der Waals surface area contributed by atoms with E-state index >= 15 is 0 Å². The van der Waals surface area contributed by atoms with Gasteiger partial charge in [0.25, 0.3) is 0 Å². The van der Waals surface area contributed by atoms with E-state index in [1.54, 1.807) is 24.3 Å². The minimum Gasteiger partial charge on any atom is -0.507 e. The Kier molecular flexibility index (Phi) is 3.53. The van der Waals surface area contributed by atoms with Gasteiger partial charge in [0.15, 0.2) is 0 Å². The number of rotatable bonds is 3. The van der Waals surface area contributed by atoms with Gasteiger partial charge in [-0.3, -0.25) is 0 Å². The molecule has 0 atom stereocenters. The third kappa shape index (κ3) is 2.63. The second kappa shape index (κ2) is 5.27. The predicted octanol–water partition coefficient (Wildman–Crippen LogP) is 3.35. The number of aliphatic hydroxyl groups excluding tert-OH is 1. The number of aliphatic hydroxyl groups is 1. The summed E-state index contributed by atoms with van der Waals surface area (Å²) in [7, 11) is 1.53. The average Bonchev–Trinajstić information content (AvgIpc) is 2.89. The Labute approximate surface area is 106 Å². The largest absolute Gasteiger partial charge is 0.507 e. The molecule has 0 spiro atoms. The first-order valence-corrected chi connectivity index (χ1v) is 5.54. The highest BCUT2D eigenvalue weighted by Crippen LogP contribution is 2.28. The fourth-order valence-electron chi connectivity index (χ4n) is 1.61. The predicted molar refractivity (Wildman–Crippen MR) is 71.6 cm³/mol. The summed E-state index contributed by atoms with van der Waals surface area (Å²) >= 11 is 0. The third-order valence-corrected chi connectivity index (χ3v) is 2.60. The number of aromatic hydroxyl groups is 1. The monoisotopic (exact) mass is 242 g/mol. The maximum Gasteiger partial charge on any atom is 0.126 e. The number of phenols is 1. The van der Waals surface area contributed by atoms with Crippen molar-refractivity contribution < 1.29 is 14.9 Å². The molecule has 0 aromatic heterocycles. The molecule has 0 heterocycles. The molecule has 2 rings (SSSR count). The van der Waals surface area contributed by atoms with Gasteiger partial charge in [-0.15, -0.1) is 0 Å². The first-order valence-electron chi connectivity index (χ1n) is 5.54. The average molecular weight is 242 g/mol. The first kappa shape index (κ1) is 12.0. The molecular weight excluding hydrogens is 228 g/mol. The Morgan fingerprint density at radius 3 is 2.61 bits per heavy atom. The second-order valence-electron chi connectivity index (χ2n) is 3.82. The fourth-order valence-corrected chi connectivity index (χ4v) is 1.61. The van der Waals surface area contributed by atoms with E-state index in [1.165, 1.54) is 13.2 Å². The number of hydrogen-bond acceptors (Lipinski definition) is 3. The van der Waals surface area contributed by atoms with Crippen LogP contribution in [0, 0.1) is 0 Å². The number of phenolic OH excluding ortho intramolecular Hbond substituents is 1. The van der Waals surface area contributed by atoms with Crippen LogP contribution in [-0.2, 0) is 0 Å². The zero-order chi connectivity index (χ0) is 13.0. The maximum atomic E-state index is 9.93. The van der Waals surface area contributed by atoms with Crippen molar-refractivity contribution in [1.29, 1.82) is 0 Å². The van der Waals surface area contributed by atoms with Gasteiger partial charge in [0, 0.05) is 0 Å². The van der Waals surface area contributed by atoms with Gasteiger partial charge in [-0.1, -0.05) is 30.4 Å². The molecule has 0 fully saturated rings. The standard InChI is InChI=1S/C15H14O3/c1-18-12-7-9-15(17)13(10-12)14(16)8-6-11-4-2-3-5-11/h2-10,16-17H,1H3. The van der Waals surface area contributed by atoms with Crippen molar-refractivity contribution in [3.8, 4) is 11.5 Å². The van der Waals surface area contributed by atoms with E-state index in [0.29, 0.717) is 11.3 Å². The van der Waals surface area contributed by atoms with E-state index in [-0.39, 0.29) is 11.5 Å². The van der Waals surface area contributed by atoms with Crippen molar-refractivity contribution in [3.05, 3.63) is 65.8 Å². The van der Waals surface area contributed by atoms with Crippen molar-refractivity contribution in [2.24, 2.45) is 0 Å². The number of benzene rings is 1. The lowest BCUT2D eigenvalue weighted by Gasteiger charge is -2.06. The van der Waals surface area contributed by atoms with Crippen LogP contribution in [0.5, 0.6) is 11.5 Å². The van der Waals surface area contributed by atoms with Crippen LogP contribution in [0.15, 0.2) is 60.2 Å². The SMILES string of the molecule is COc1ccc(O)c(C(O)=CC=C2C=CC=C2)c1. The summed E-state index contributed by atoms with van der Waals surface area (Å²) < 4.78 is 5.05. The van der Waals surface area contributed by atoms with Gasteiger partial charge in [-0.2, -0.15) is 0 Å². The molecule has 3 heteroatoms. The van der Waals surface area contributed by atoms with Crippen LogP contribution in [0.25, 0.3) is 5.76 Å². The topological polar surface area (TPSA) is 49.7 Å². The van der Waals surface area contributed by atoms with Crippen molar-refractivity contribution in [2.45, 2.75) is 0 Å². The zero-order valence-electron chi connectivity index (χ0n) is 10.00. The van der Waals surface area contributed by atoms with Crippen LogP contribution in [0.2, 0.25) is 0 Å². The van der Waals surface area contributed by atoms with E-state index in [9.17, 15) is 10.2 Å². The maximum absolute atomic E-state index is 9.93. The molecule has 92 valence electrons. The lowest BCUT2D eigenvalue weighted by molar-refractivity contribution is 0.410. The van der Waals surface area contributed by atoms with Crippen LogP contribution in [0.4, 0.5) is 0 Å². The lowest BCUT2D eigenvalue weighted by Crippen LogP contribution is -1.88. The quantitative estimate of drug-likeness (QED) is 0.799. The van der Waals surface area contributed by atoms with Gasteiger partial charge in [0.05, 0.1) is 12.7 Å². The molecule has 0 saturated carbocycles. The van der Waals surface area contributed by atoms with Crippen molar-refractivity contribution in [1.82, 2.24) is 0 Å². The van der Waals surface area contributed by atoms with Crippen molar-refractivity contribution in [2.75, 3.05) is 7.11 Å². The number of allylic oxidation sites excluding steroid dienone is 7. The summed E-state index contributed by atoms with van der Waals surface area (Å²) in [5.41, 5.74) is 1.33. The van der Waals surface area contributed by atoms with E-state index in [0.717, 1.165) is 5.57 Å². The molecule has 18 heavy (non-hydrogen) atoms. The Morgan fingerprint density at radius 2 is 1.94 bits per heavy atom. The second-order valence-corrected chi connectivity index (χ2v) is 3.82. The van der Waals surface area contributed by atoms with Gasteiger partial charge in [-0.05, 0) is 29.8 Å². The van der Waals surface area contributed by atoms with Crippen molar-refractivity contribution in [3.63, 3.8) is 0 Å². The molecule has 1 aromatic rings. The Bertz CT molecular complexity index is 549. The number of ether oxygens (including phenoxy) is 1. The smallest absolute Gasteiger partial charge is 0.126 e. The highest BCUT2D eigenvalue weighted by atomic mass is 16.5. The first-order chi connectivity index (χ1) is 8.70. The molecule has 0 radical (unpaired) electrons. The Balaban J connectivity index is 2.30. The van der Waals surface area contributed by atoms with E-state index in [1.807, 2.05) is 24.3 Å². The lowest BCUT2D eigenvalue weighted by atomic mass is 10.1. The highest BCUT2D eigenvalue weighted by molar-refractivity contribution is 5.67. The summed E-state index contributed by atoms with van der Waals surface area (Å²) in [5, 5.41) is 19.6. The summed E-state index contributed by atoms with van der Waals surface area (Å²) in [5.74, 6) is 0.587. The van der Waals surface area contributed by atoms with E-state index in [4.69, 9.17) is 4.74 Å². The van der Waals surface area contributed by atoms with Gasteiger partial charge < -0.3 is 14.9 Å². The number of hydrogen-bond donors (Lipinski definition) is 2. The fraction of sp³-hybridized carbons (Fsp3) is 0.0667. The van der Waals surface area contributed by atoms with Crippen LogP contribution >= 0.6 is 0 Å². The minimum atomic E-state index is -0.00685. The van der Waals surface area contributed by atoms with Crippen LogP contribution in [0.1, 0.15) is 5.56 Å². The zero-order valence-corrected chi connectivity index (χ0v) is 10.00. The Morgan fingerprint density at radius 1 is 1.22 bits per heavy atom. The van der Waals surface area contributed by atoms with Gasteiger partial charge >= 0.3 is 0 Å². The summed E-state index contributed by atoms with van der Waals surface area (Å²) in [4.78, 5) is 0. The van der Waals surface area contributed by atoms with Crippen LogP contribution in [-0.4, -0.2) is 17.3 Å². The highest BCUT2D eigenvalue weighted by Gasteiger charge is 2.07. The van der Waals surface area contributed by atoms with Crippen LogP contribution < -0.4 is 4.74 Å². The molecular formula is C15H14O3. The van der Waals surface area contributed by atoms with E-state index < -0.39 is 0 Å².